The Bertz CT molecular complexity index is 1070. The topological polar surface area (TPSA) is 126 Å². The number of halogens is 3. The van der Waals surface area contributed by atoms with E-state index in [-0.39, 0.29) is 37.9 Å². The molecule has 3 amide bonds. The molecule has 2 aromatic rings. The number of aromatic nitrogens is 2. The van der Waals surface area contributed by atoms with Gasteiger partial charge in [-0.2, -0.15) is 14.5 Å². The monoisotopic (exact) mass is 463 g/mol. The first-order valence-corrected chi connectivity index (χ1v) is 10.1. The Morgan fingerprint density at radius 3 is 2.61 bits per heavy atom. The van der Waals surface area contributed by atoms with E-state index in [1.807, 2.05) is 0 Å². The van der Waals surface area contributed by atoms with Gasteiger partial charge in [-0.3, -0.25) is 4.79 Å². The predicted octanol–water partition coefficient (Wildman–Crippen LogP) is 1.80. The van der Waals surface area contributed by atoms with Gasteiger partial charge < -0.3 is 20.7 Å². The van der Waals surface area contributed by atoms with E-state index in [0.29, 0.717) is 12.0 Å². The van der Waals surface area contributed by atoms with Gasteiger partial charge in [0.2, 0.25) is 17.7 Å². The lowest BCUT2D eigenvalue weighted by atomic mass is 10.0. The first-order chi connectivity index (χ1) is 15.8. The number of hydrazone groups is 1. The molecule has 1 atom stereocenters. The Kier molecular flexibility index (Phi) is 6.29. The van der Waals surface area contributed by atoms with Crippen LogP contribution in [0.15, 0.2) is 29.5 Å². The molecule has 3 N–H and O–H groups in total. The van der Waals surface area contributed by atoms with Crippen LogP contribution in [-0.4, -0.2) is 63.8 Å². The Labute approximate surface area is 186 Å². The van der Waals surface area contributed by atoms with Gasteiger partial charge >= 0.3 is 6.03 Å². The van der Waals surface area contributed by atoms with E-state index in [1.54, 1.807) is 0 Å². The summed E-state index contributed by atoms with van der Waals surface area (Å²) >= 11 is 0. The minimum absolute atomic E-state index is 0.0544. The maximum absolute atomic E-state index is 14.0. The van der Waals surface area contributed by atoms with Crippen LogP contribution in [0, 0.1) is 17.5 Å². The molecule has 33 heavy (non-hydrogen) atoms. The van der Waals surface area contributed by atoms with Gasteiger partial charge in [0.05, 0.1) is 25.3 Å². The Balaban J connectivity index is 1.34. The zero-order valence-electron chi connectivity index (χ0n) is 17.2. The number of ether oxygens (including phenoxy) is 1. The van der Waals surface area contributed by atoms with Crippen LogP contribution in [0.5, 0.6) is 5.88 Å². The first-order valence-electron chi connectivity index (χ1n) is 10.1. The van der Waals surface area contributed by atoms with Crippen LogP contribution < -0.4 is 15.8 Å². The highest BCUT2D eigenvalue weighted by Crippen LogP contribution is 2.31. The Hall–Kier alpha value is -3.90. The van der Waals surface area contributed by atoms with Gasteiger partial charge in [0, 0.05) is 31.7 Å². The third kappa shape index (κ3) is 5.13. The summed E-state index contributed by atoms with van der Waals surface area (Å²) in [5, 5.41) is 7.94. The third-order valence-electron chi connectivity index (χ3n) is 5.06. The lowest BCUT2D eigenvalue weighted by Crippen LogP contribution is -2.59. The number of carbonyl (C=O) groups excluding carboxylic acids is 2. The van der Waals surface area contributed by atoms with Gasteiger partial charge in [-0.15, -0.1) is 0 Å². The number of nitrogens with two attached hydrogens (primary N) is 1. The zero-order valence-corrected chi connectivity index (χ0v) is 17.2. The summed E-state index contributed by atoms with van der Waals surface area (Å²) in [6.07, 6.45) is 2.28. The summed E-state index contributed by atoms with van der Waals surface area (Å²) < 4.78 is 46.7. The fourth-order valence-electron chi connectivity index (χ4n) is 3.43. The summed E-state index contributed by atoms with van der Waals surface area (Å²) in [7, 11) is 0. The van der Waals surface area contributed by atoms with Crippen LogP contribution >= 0.6 is 0 Å². The van der Waals surface area contributed by atoms with Crippen molar-refractivity contribution in [1.29, 1.82) is 0 Å². The summed E-state index contributed by atoms with van der Waals surface area (Å²) in [6.45, 7) is 0.463. The van der Waals surface area contributed by atoms with Crippen molar-refractivity contribution in [3.05, 3.63) is 47.4 Å². The van der Waals surface area contributed by atoms with Gasteiger partial charge in [0.1, 0.15) is 17.7 Å². The third-order valence-corrected chi connectivity index (χ3v) is 5.06. The summed E-state index contributed by atoms with van der Waals surface area (Å²) in [4.78, 5) is 32.7. The van der Waals surface area contributed by atoms with E-state index in [1.165, 1.54) is 11.1 Å². The molecule has 1 fully saturated rings. The van der Waals surface area contributed by atoms with Crippen molar-refractivity contribution in [2.45, 2.75) is 25.0 Å². The van der Waals surface area contributed by atoms with Gasteiger partial charge in [0.25, 0.3) is 5.88 Å². The van der Waals surface area contributed by atoms with Crippen LogP contribution in [0.3, 0.4) is 0 Å². The number of hydrogen-bond donors (Lipinski definition) is 2. The average molecular weight is 463 g/mol. The minimum Gasteiger partial charge on any atom is -0.468 e. The van der Waals surface area contributed by atoms with E-state index < -0.39 is 41.5 Å². The molecular formula is C20H20F3N7O3. The quantitative estimate of drug-likeness (QED) is 0.645. The normalized spacial score (nSPS) is 17.7. The van der Waals surface area contributed by atoms with Crippen molar-refractivity contribution in [3.8, 4) is 5.88 Å². The van der Waals surface area contributed by atoms with E-state index in [2.05, 4.69) is 20.4 Å². The molecule has 0 aliphatic carbocycles. The molecule has 1 unspecified atom stereocenters. The van der Waals surface area contributed by atoms with E-state index in [9.17, 15) is 22.8 Å². The van der Waals surface area contributed by atoms with Crippen LogP contribution in [0.2, 0.25) is 0 Å². The number of anilines is 1. The van der Waals surface area contributed by atoms with Crippen LogP contribution in [0.4, 0.5) is 23.9 Å². The van der Waals surface area contributed by atoms with Gasteiger partial charge in [0.15, 0.2) is 0 Å². The van der Waals surface area contributed by atoms with Crippen molar-refractivity contribution in [2.75, 3.05) is 25.0 Å². The number of hydrogen-bond acceptors (Lipinski definition) is 7. The van der Waals surface area contributed by atoms with Gasteiger partial charge in [-0.05, 0) is 17.7 Å². The SMILES string of the molecule is NC(=O)CCNc1ncc(F)c(OC2CN(C(=O)N3N=CCC3c3cc(F)cc(F)c3)C2)n1. The molecule has 1 saturated heterocycles. The van der Waals surface area contributed by atoms with E-state index in [4.69, 9.17) is 10.5 Å². The number of likely N-dealkylation sites (tertiary alicyclic amines) is 1. The van der Waals surface area contributed by atoms with Crippen LogP contribution in [0.1, 0.15) is 24.4 Å². The molecule has 2 aliphatic rings. The molecule has 10 nitrogen and oxygen atoms in total. The van der Waals surface area contributed by atoms with Crippen LogP contribution in [0.25, 0.3) is 0 Å². The molecule has 0 radical (unpaired) electrons. The maximum Gasteiger partial charge on any atom is 0.341 e. The highest BCUT2D eigenvalue weighted by Gasteiger charge is 2.39. The number of carbonyl (C=O) groups is 2. The second kappa shape index (κ2) is 9.30. The highest BCUT2D eigenvalue weighted by molar-refractivity contribution is 5.79. The maximum atomic E-state index is 14.0. The molecule has 13 heteroatoms. The first kappa shape index (κ1) is 22.3. The summed E-state index contributed by atoms with van der Waals surface area (Å²) in [5.41, 5.74) is 5.35. The summed E-state index contributed by atoms with van der Waals surface area (Å²) in [6, 6.07) is 2.00. The van der Waals surface area contributed by atoms with Gasteiger partial charge in [-0.25, -0.2) is 23.6 Å². The fraction of sp³-hybridized carbons (Fsp3) is 0.350. The molecule has 0 saturated carbocycles. The highest BCUT2D eigenvalue weighted by atomic mass is 19.1. The lowest BCUT2D eigenvalue weighted by molar-refractivity contribution is -0.117. The number of nitrogens with one attached hydrogen (secondary N) is 1. The number of amides is 3. The van der Waals surface area contributed by atoms with Crippen molar-refractivity contribution >= 4 is 24.1 Å². The molecule has 2 aliphatic heterocycles. The molecule has 0 spiro atoms. The molecule has 1 aromatic carbocycles. The summed E-state index contributed by atoms with van der Waals surface area (Å²) in [5.74, 6) is -2.99. The number of benzene rings is 1. The van der Waals surface area contributed by atoms with Crippen LogP contribution in [-0.2, 0) is 4.79 Å². The van der Waals surface area contributed by atoms with Crippen molar-refractivity contribution in [3.63, 3.8) is 0 Å². The second-order valence-corrected chi connectivity index (χ2v) is 7.51. The largest absolute Gasteiger partial charge is 0.468 e. The zero-order chi connectivity index (χ0) is 23.5. The molecule has 174 valence electrons. The molecular weight excluding hydrogens is 443 g/mol. The molecule has 0 bridgehead atoms. The minimum atomic E-state index is -0.780. The number of primary amides is 1. The fourth-order valence-corrected chi connectivity index (χ4v) is 3.43. The predicted molar refractivity (Wildman–Crippen MR) is 110 cm³/mol. The van der Waals surface area contributed by atoms with E-state index >= 15 is 0 Å². The Morgan fingerprint density at radius 2 is 1.91 bits per heavy atom. The number of urea groups is 1. The van der Waals surface area contributed by atoms with Crippen molar-refractivity contribution < 1.29 is 27.5 Å². The number of rotatable bonds is 7. The second-order valence-electron chi connectivity index (χ2n) is 7.51. The van der Waals surface area contributed by atoms with E-state index in [0.717, 1.165) is 29.4 Å². The van der Waals surface area contributed by atoms with Crippen molar-refractivity contribution in [2.24, 2.45) is 10.8 Å². The molecule has 3 heterocycles. The van der Waals surface area contributed by atoms with Gasteiger partial charge in [-0.1, -0.05) is 0 Å². The number of nitrogens with zero attached hydrogens (tertiary/aromatic N) is 5. The molecule has 1 aromatic heterocycles. The molecule has 4 rings (SSSR count). The standard InChI is InChI=1S/C20H20F3N7O3/c21-12-5-11(6-13(22)7-12)16-1-4-27-30(16)20(32)29-9-14(10-29)33-18-15(23)8-26-19(28-18)25-3-2-17(24)31/h4-8,14,16H,1-3,9-10H2,(H2,24,31)(H,25,26,28). The average Bonchev–Trinajstić information content (AvgIpc) is 3.21. The Morgan fingerprint density at radius 1 is 1.18 bits per heavy atom. The van der Waals surface area contributed by atoms with Crippen molar-refractivity contribution in [1.82, 2.24) is 19.9 Å². The smallest absolute Gasteiger partial charge is 0.341 e. The lowest BCUT2D eigenvalue weighted by Gasteiger charge is -2.40.